The van der Waals surface area contributed by atoms with E-state index in [-0.39, 0.29) is 37.2 Å². The summed E-state index contributed by atoms with van der Waals surface area (Å²) in [6.07, 6.45) is 0.0304. The molecule has 1 aromatic rings. The van der Waals surface area contributed by atoms with Gasteiger partial charge in [-0.2, -0.15) is 0 Å². The van der Waals surface area contributed by atoms with E-state index in [9.17, 15) is 14.4 Å². The predicted octanol–water partition coefficient (Wildman–Crippen LogP) is -1.33. The van der Waals surface area contributed by atoms with Crippen LogP contribution in [0.25, 0.3) is 0 Å². The summed E-state index contributed by atoms with van der Waals surface area (Å²) in [7, 11) is 1.48. The van der Waals surface area contributed by atoms with Crippen LogP contribution < -0.4 is 17.0 Å². The van der Waals surface area contributed by atoms with Crippen LogP contribution >= 0.6 is 0 Å². The molecule has 9 nitrogen and oxygen atoms in total. The van der Waals surface area contributed by atoms with Gasteiger partial charge in [0.2, 0.25) is 0 Å². The highest BCUT2D eigenvalue weighted by molar-refractivity contribution is 6.01. The summed E-state index contributed by atoms with van der Waals surface area (Å²) in [5.41, 5.74) is 4.29. The Hall–Kier alpha value is -1.97. The fourth-order valence-corrected chi connectivity index (χ4v) is 2.58. The van der Waals surface area contributed by atoms with Crippen molar-refractivity contribution in [2.24, 2.45) is 0 Å². The summed E-state index contributed by atoms with van der Waals surface area (Å²) in [5, 5.41) is 0. The lowest BCUT2D eigenvalue weighted by Crippen LogP contribution is -2.45. The van der Waals surface area contributed by atoms with Crippen LogP contribution in [0, 0.1) is 0 Å². The highest BCUT2D eigenvalue weighted by Crippen LogP contribution is 2.09. The van der Waals surface area contributed by atoms with E-state index < -0.39 is 17.0 Å². The van der Waals surface area contributed by atoms with Crippen LogP contribution in [0.1, 0.15) is 17.3 Å². The standard InChI is InChI=1S/C14H22N4O5/c1-9-7-17(3-6-23-9)8-10(19)11-12(15)18(4-5-22-2)14(21)16-13(11)20/h9H,3-8,15H2,1-2H3,(H,16,20,21)/t9-/m0/s1. The summed E-state index contributed by atoms with van der Waals surface area (Å²) in [6, 6.07) is 0. The number of anilines is 1. The van der Waals surface area contributed by atoms with Crippen LogP contribution in [-0.2, 0) is 16.0 Å². The van der Waals surface area contributed by atoms with Gasteiger partial charge in [0.05, 0.1) is 32.4 Å². The molecule has 1 aliphatic rings. The molecule has 0 saturated carbocycles. The zero-order valence-electron chi connectivity index (χ0n) is 13.3. The number of aromatic amines is 1. The maximum absolute atomic E-state index is 12.5. The zero-order valence-corrected chi connectivity index (χ0v) is 13.3. The topological polar surface area (TPSA) is 120 Å². The first kappa shape index (κ1) is 17.4. The third-order valence-electron chi connectivity index (χ3n) is 3.73. The molecule has 0 aromatic carbocycles. The lowest BCUT2D eigenvalue weighted by molar-refractivity contribution is -0.0158. The fraction of sp³-hybridized carbons (Fsp3) is 0.643. The van der Waals surface area contributed by atoms with Crippen LogP contribution in [-0.4, -0.2) is 66.3 Å². The van der Waals surface area contributed by atoms with Crippen LogP contribution in [0.15, 0.2) is 9.59 Å². The number of hydrogen-bond acceptors (Lipinski definition) is 7. The van der Waals surface area contributed by atoms with Gasteiger partial charge < -0.3 is 15.2 Å². The zero-order chi connectivity index (χ0) is 17.0. The van der Waals surface area contributed by atoms with Crippen molar-refractivity contribution in [2.45, 2.75) is 19.6 Å². The van der Waals surface area contributed by atoms with Crippen molar-refractivity contribution < 1.29 is 14.3 Å². The molecule has 0 aliphatic carbocycles. The van der Waals surface area contributed by atoms with Crippen LogP contribution in [0.3, 0.4) is 0 Å². The van der Waals surface area contributed by atoms with Crippen LogP contribution in [0.2, 0.25) is 0 Å². The Balaban J connectivity index is 2.25. The van der Waals surface area contributed by atoms with E-state index >= 15 is 0 Å². The van der Waals surface area contributed by atoms with Crippen molar-refractivity contribution in [2.75, 3.05) is 45.7 Å². The first-order chi connectivity index (χ1) is 10.9. The van der Waals surface area contributed by atoms with E-state index in [2.05, 4.69) is 4.98 Å². The van der Waals surface area contributed by atoms with Crippen molar-refractivity contribution in [3.63, 3.8) is 0 Å². The molecule has 0 spiro atoms. The Labute approximate surface area is 133 Å². The lowest BCUT2D eigenvalue weighted by Gasteiger charge is -2.30. The third kappa shape index (κ3) is 4.06. The minimum atomic E-state index is -0.757. The molecule has 23 heavy (non-hydrogen) atoms. The van der Waals surface area contributed by atoms with E-state index in [4.69, 9.17) is 15.2 Å². The molecule has 0 bridgehead atoms. The number of nitrogens with one attached hydrogen (secondary N) is 1. The number of carbonyl (C=O) groups excluding carboxylic acids is 1. The average Bonchev–Trinajstić information content (AvgIpc) is 2.46. The highest BCUT2D eigenvalue weighted by atomic mass is 16.5. The molecule has 1 fully saturated rings. The van der Waals surface area contributed by atoms with Crippen molar-refractivity contribution in [1.29, 1.82) is 0 Å². The second-order valence-corrected chi connectivity index (χ2v) is 5.50. The molecule has 3 N–H and O–H groups in total. The van der Waals surface area contributed by atoms with E-state index in [0.29, 0.717) is 19.7 Å². The van der Waals surface area contributed by atoms with Gasteiger partial charge in [-0.15, -0.1) is 0 Å². The Kier molecular flexibility index (Phi) is 5.69. The molecule has 1 aromatic heterocycles. The Morgan fingerprint density at radius 1 is 1.48 bits per heavy atom. The molecule has 1 aliphatic heterocycles. The summed E-state index contributed by atoms with van der Waals surface area (Å²) in [4.78, 5) is 40.3. The van der Waals surface area contributed by atoms with Gasteiger partial charge >= 0.3 is 5.69 Å². The van der Waals surface area contributed by atoms with Gasteiger partial charge in [-0.3, -0.25) is 24.0 Å². The van der Waals surface area contributed by atoms with Gasteiger partial charge in [-0.1, -0.05) is 0 Å². The van der Waals surface area contributed by atoms with Gasteiger partial charge in [0, 0.05) is 20.2 Å². The molecule has 0 unspecified atom stereocenters. The maximum atomic E-state index is 12.5. The average molecular weight is 326 g/mol. The third-order valence-corrected chi connectivity index (χ3v) is 3.73. The number of nitrogens with zero attached hydrogens (tertiary/aromatic N) is 2. The quantitative estimate of drug-likeness (QED) is 0.621. The number of nitrogen functional groups attached to an aromatic ring is 1. The van der Waals surface area contributed by atoms with Crippen molar-refractivity contribution in [1.82, 2.24) is 14.5 Å². The molecule has 128 valence electrons. The normalized spacial score (nSPS) is 19.0. The number of morpholine rings is 1. The van der Waals surface area contributed by atoms with E-state index in [1.165, 1.54) is 7.11 Å². The SMILES string of the molecule is COCCn1c(N)c(C(=O)CN2CCO[C@@H](C)C2)c(=O)[nH]c1=O. The predicted molar refractivity (Wildman–Crippen MR) is 83.8 cm³/mol. The summed E-state index contributed by atoms with van der Waals surface area (Å²) < 4.78 is 11.5. The van der Waals surface area contributed by atoms with Crippen molar-refractivity contribution in [3.05, 3.63) is 26.4 Å². The van der Waals surface area contributed by atoms with Gasteiger partial charge in [0.1, 0.15) is 11.4 Å². The van der Waals surface area contributed by atoms with Gasteiger partial charge in [-0.05, 0) is 6.92 Å². The second-order valence-electron chi connectivity index (χ2n) is 5.50. The lowest BCUT2D eigenvalue weighted by atomic mass is 10.1. The summed E-state index contributed by atoms with van der Waals surface area (Å²) in [5.74, 6) is -0.536. The number of carbonyl (C=O) groups is 1. The molecule has 0 amide bonds. The molecule has 0 radical (unpaired) electrons. The van der Waals surface area contributed by atoms with E-state index in [1.807, 2.05) is 11.8 Å². The van der Waals surface area contributed by atoms with Crippen molar-refractivity contribution in [3.8, 4) is 0 Å². The first-order valence-corrected chi connectivity index (χ1v) is 7.42. The molecular weight excluding hydrogens is 304 g/mol. The molecule has 1 atom stereocenters. The molecule has 9 heteroatoms. The molecule has 2 heterocycles. The van der Waals surface area contributed by atoms with E-state index in [0.717, 1.165) is 4.57 Å². The van der Waals surface area contributed by atoms with Crippen molar-refractivity contribution >= 4 is 11.6 Å². The minimum Gasteiger partial charge on any atom is -0.384 e. The monoisotopic (exact) mass is 326 g/mol. The molecule has 1 saturated heterocycles. The number of rotatable bonds is 6. The number of ketones is 1. The maximum Gasteiger partial charge on any atom is 0.330 e. The largest absolute Gasteiger partial charge is 0.384 e. The van der Waals surface area contributed by atoms with Crippen LogP contribution in [0.5, 0.6) is 0 Å². The summed E-state index contributed by atoms with van der Waals surface area (Å²) >= 11 is 0. The smallest absolute Gasteiger partial charge is 0.330 e. The Morgan fingerprint density at radius 2 is 2.22 bits per heavy atom. The first-order valence-electron chi connectivity index (χ1n) is 7.42. The minimum absolute atomic E-state index is 0.0304. The number of ether oxygens (including phenoxy) is 2. The molecular formula is C14H22N4O5. The number of methoxy groups -OCH3 is 1. The number of hydrogen-bond donors (Lipinski definition) is 2. The number of aromatic nitrogens is 2. The Bertz CT molecular complexity index is 681. The second kappa shape index (κ2) is 7.53. The van der Waals surface area contributed by atoms with Crippen LogP contribution in [0.4, 0.5) is 5.82 Å². The summed E-state index contributed by atoms with van der Waals surface area (Å²) in [6.45, 7) is 4.13. The Morgan fingerprint density at radius 3 is 2.87 bits per heavy atom. The number of Topliss-reactive ketones (excluding diaryl/α,β-unsaturated/α-hetero) is 1. The number of nitrogens with two attached hydrogens (primary N) is 1. The van der Waals surface area contributed by atoms with Gasteiger partial charge in [0.25, 0.3) is 5.56 Å². The van der Waals surface area contributed by atoms with E-state index in [1.54, 1.807) is 0 Å². The fourth-order valence-electron chi connectivity index (χ4n) is 2.58. The molecule has 2 rings (SSSR count). The van der Waals surface area contributed by atoms with Gasteiger partial charge in [0.15, 0.2) is 5.78 Å². The number of H-pyrrole nitrogens is 1. The van der Waals surface area contributed by atoms with Gasteiger partial charge in [-0.25, -0.2) is 4.79 Å². The highest BCUT2D eigenvalue weighted by Gasteiger charge is 2.24.